The number of rotatable bonds is 0. The monoisotopic (exact) mass is 431 g/mol. The molecule has 23 heavy (non-hydrogen) atoms. The predicted molar refractivity (Wildman–Crippen MR) is 87.5 cm³/mol. The van der Waals surface area contributed by atoms with Gasteiger partial charge in [0.25, 0.3) is 4.96 Å². The fourth-order valence-corrected chi connectivity index (χ4v) is 3.90. The largest absolute Gasteiger partial charge is 1.00 e. The van der Waals surface area contributed by atoms with Gasteiger partial charge in [-0.3, -0.25) is 4.79 Å². The van der Waals surface area contributed by atoms with Gasteiger partial charge in [-0.1, -0.05) is 35.6 Å². The summed E-state index contributed by atoms with van der Waals surface area (Å²) in [6.07, 6.45) is 0. The summed E-state index contributed by atoms with van der Waals surface area (Å²) >= 11 is 1.53. The number of hydrogen-bond acceptors (Lipinski definition) is 3. The van der Waals surface area contributed by atoms with Crippen molar-refractivity contribution in [2.45, 2.75) is 0 Å². The van der Waals surface area contributed by atoms with Crippen LogP contribution in [0.3, 0.4) is 0 Å². The highest BCUT2D eigenvalue weighted by molar-refractivity contribution is 7.23. The Kier molecular flexibility index (Phi) is 3.31. The lowest BCUT2D eigenvalue weighted by Crippen LogP contribution is -3.00. The quantitative estimate of drug-likeness (QED) is 0.194. The number of pyridine rings is 1. The minimum atomic E-state index is -0.0341. The molecule has 0 atom stereocenters. The van der Waals surface area contributed by atoms with Gasteiger partial charge in [0.15, 0.2) is 0 Å². The summed E-state index contributed by atoms with van der Waals surface area (Å²) in [4.78, 5) is 13.6. The highest BCUT2D eigenvalue weighted by Gasteiger charge is 2.19. The van der Waals surface area contributed by atoms with E-state index in [9.17, 15) is 4.79 Å². The van der Waals surface area contributed by atoms with Gasteiger partial charge < -0.3 is 24.0 Å². The van der Waals surface area contributed by atoms with Gasteiger partial charge in [0.05, 0.1) is 10.2 Å². The molecule has 0 aliphatic carbocycles. The number of nitrogens with zero attached hydrogens (tertiary/aromatic N) is 3. The van der Waals surface area contributed by atoms with Crippen LogP contribution in [0.4, 0.5) is 0 Å². The number of benzene rings is 2. The highest BCUT2D eigenvalue weighted by Crippen LogP contribution is 2.23. The van der Waals surface area contributed by atoms with Crippen molar-refractivity contribution in [2.24, 2.45) is 0 Å². The van der Waals surface area contributed by atoms with Crippen molar-refractivity contribution >= 4 is 42.9 Å². The van der Waals surface area contributed by atoms with Gasteiger partial charge in [0, 0.05) is 22.6 Å². The lowest BCUT2D eigenvalue weighted by molar-refractivity contribution is -0.551. The van der Waals surface area contributed by atoms with Gasteiger partial charge in [-0.05, 0) is 28.8 Å². The van der Waals surface area contributed by atoms with Crippen LogP contribution in [0.25, 0.3) is 31.6 Å². The second-order valence-corrected chi connectivity index (χ2v) is 6.19. The van der Waals surface area contributed by atoms with E-state index in [1.807, 2.05) is 60.7 Å². The molecule has 0 radical (unpaired) electrons. The minimum Gasteiger partial charge on any atom is -1.00 e. The van der Waals surface area contributed by atoms with Gasteiger partial charge >= 0.3 is 11.1 Å². The summed E-state index contributed by atoms with van der Waals surface area (Å²) in [6, 6.07) is 19.7. The molecule has 0 saturated heterocycles. The first-order valence-corrected chi connectivity index (χ1v) is 7.79. The van der Waals surface area contributed by atoms with Crippen LogP contribution in [0.15, 0.2) is 65.5 Å². The van der Waals surface area contributed by atoms with Crippen molar-refractivity contribution in [3.8, 4) is 0 Å². The number of thiazole rings is 1. The summed E-state index contributed by atoms with van der Waals surface area (Å²) in [5.41, 5.74) is 2.40. The van der Waals surface area contributed by atoms with E-state index in [-0.39, 0.29) is 29.5 Å². The fourth-order valence-electron chi connectivity index (χ4n) is 2.90. The molecule has 0 aliphatic heterocycles. The minimum absolute atomic E-state index is 0. The summed E-state index contributed by atoms with van der Waals surface area (Å²) < 4.78 is 4.51. The van der Waals surface area contributed by atoms with E-state index in [4.69, 9.17) is 5.10 Å². The third-order valence-electron chi connectivity index (χ3n) is 3.92. The molecule has 3 aromatic heterocycles. The molecule has 3 heterocycles. The van der Waals surface area contributed by atoms with Crippen molar-refractivity contribution in [2.75, 3.05) is 0 Å². The Balaban J connectivity index is 0.00000135. The Labute approximate surface area is 151 Å². The van der Waals surface area contributed by atoms with E-state index in [0.29, 0.717) is 10.5 Å². The lowest BCUT2D eigenvalue weighted by Gasteiger charge is -1.96. The molecule has 0 spiro atoms. The Morgan fingerprint density at radius 1 is 0.913 bits per heavy atom. The van der Waals surface area contributed by atoms with Crippen molar-refractivity contribution in [3.63, 3.8) is 0 Å². The maximum absolute atomic E-state index is 12.9. The second-order valence-electron chi connectivity index (χ2n) is 5.18. The molecule has 0 N–H and O–H groups in total. The van der Waals surface area contributed by atoms with Crippen molar-refractivity contribution in [1.29, 1.82) is 0 Å². The Bertz CT molecular complexity index is 1260. The third-order valence-corrected chi connectivity index (χ3v) is 4.93. The van der Waals surface area contributed by atoms with Gasteiger partial charge in [-0.15, -0.1) is 0 Å². The molecule has 4 nitrogen and oxygen atoms in total. The van der Waals surface area contributed by atoms with Crippen LogP contribution in [-0.2, 0) is 0 Å². The van der Waals surface area contributed by atoms with E-state index < -0.39 is 0 Å². The first kappa shape index (κ1) is 14.5. The van der Waals surface area contributed by atoms with Crippen LogP contribution in [0, 0.1) is 0 Å². The van der Waals surface area contributed by atoms with E-state index in [1.54, 1.807) is 8.92 Å². The number of para-hydroxylation sites is 2. The van der Waals surface area contributed by atoms with Crippen LogP contribution in [0.5, 0.6) is 0 Å². The zero-order chi connectivity index (χ0) is 14.7. The van der Waals surface area contributed by atoms with Crippen molar-refractivity contribution in [3.05, 3.63) is 71.0 Å². The topological polar surface area (TPSA) is 38.5 Å². The van der Waals surface area contributed by atoms with Crippen molar-refractivity contribution in [1.82, 2.24) is 9.50 Å². The summed E-state index contributed by atoms with van der Waals surface area (Å²) in [5.74, 6) is 0. The maximum atomic E-state index is 12.9. The third kappa shape index (κ3) is 1.98. The normalized spacial score (nSPS) is 11.3. The molecule has 112 valence electrons. The number of halogens is 1. The smallest absolute Gasteiger partial charge is 0.332 e. The van der Waals surface area contributed by atoms with Crippen LogP contribution < -0.4 is 34.1 Å². The zero-order valence-electron chi connectivity index (χ0n) is 11.8. The van der Waals surface area contributed by atoms with E-state index in [0.717, 1.165) is 21.1 Å². The lowest BCUT2D eigenvalue weighted by atomic mass is 10.2. The predicted octanol–water partition coefficient (Wildman–Crippen LogP) is -0.195. The average Bonchev–Trinajstić information content (AvgIpc) is 2.93. The Morgan fingerprint density at radius 3 is 2.61 bits per heavy atom. The molecule has 6 heteroatoms. The molecule has 0 saturated carbocycles. The van der Waals surface area contributed by atoms with Gasteiger partial charge in [-0.2, -0.15) is 0 Å². The molecule has 0 bridgehead atoms. The Hall–Kier alpha value is -2.06. The number of hydrogen-bond donors (Lipinski definition) is 0. The average molecular weight is 431 g/mol. The Morgan fingerprint density at radius 2 is 1.70 bits per heavy atom. The molecular formula is C17H10IN3OS. The molecule has 5 aromatic rings. The summed E-state index contributed by atoms with van der Waals surface area (Å²) in [6.45, 7) is 0. The molecule has 5 rings (SSSR count). The molecule has 0 fully saturated rings. The summed E-state index contributed by atoms with van der Waals surface area (Å²) in [7, 11) is 0. The first-order valence-electron chi connectivity index (χ1n) is 6.97. The SMILES string of the molecule is O=c1c2ccc3ccccc3[n+]2nc2sc3ccccc3n12.[I-]. The van der Waals surface area contributed by atoms with E-state index in [2.05, 4.69) is 0 Å². The molecule has 0 aliphatic rings. The van der Waals surface area contributed by atoms with Crippen molar-refractivity contribution < 1.29 is 28.5 Å². The van der Waals surface area contributed by atoms with Crippen LogP contribution in [-0.4, -0.2) is 9.50 Å². The van der Waals surface area contributed by atoms with E-state index >= 15 is 0 Å². The second kappa shape index (κ2) is 5.24. The first-order chi connectivity index (χ1) is 10.8. The number of fused-ring (bicyclic) bond motifs is 6. The maximum Gasteiger partial charge on any atom is 0.332 e. The molecule has 0 unspecified atom stereocenters. The standard InChI is InChI=1S/C17H10N3OS.HI/c21-16-14-10-9-11-5-1-2-6-12(11)20(14)18-17-19(16)13-7-3-4-8-15(13)22-17;/h1-10H;1H/q+1;/p-1. The zero-order valence-corrected chi connectivity index (χ0v) is 14.8. The molecular weight excluding hydrogens is 421 g/mol. The van der Waals surface area contributed by atoms with Gasteiger partial charge in [0.2, 0.25) is 5.52 Å². The highest BCUT2D eigenvalue weighted by atomic mass is 127. The summed E-state index contributed by atoms with van der Waals surface area (Å²) in [5, 5.41) is 5.77. The number of aromatic nitrogens is 3. The van der Waals surface area contributed by atoms with Crippen LogP contribution >= 0.6 is 11.3 Å². The van der Waals surface area contributed by atoms with Crippen LogP contribution in [0.2, 0.25) is 0 Å². The molecule has 2 aromatic carbocycles. The van der Waals surface area contributed by atoms with Crippen LogP contribution in [0.1, 0.15) is 0 Å². The fraction of sp³-hybridized carbons (Fsp3) is 0. The van der Waals surface area contributed by atoms with Gasteiger partial charge in [0.1, 0.15) is 0 Å². The van der Waals surface area contributed by atoms with Gasteiger partial charge in [-0.25, -0.2) is 4.40 Å². The molecule has 0 amide bonds. The van der Waals surface area contributed by atoms with E-state index in [1.165, 1.54) is 11.3 Å².